The van der Waals surface area contributed by atoms with Crippen molar-refractivity contribution in [3.05, 3.63) is 89.5 Å². The molecule has 0 bridgehead atoms. The molecule has 3 aromatic rings. The van der Waals surface area contributed by atoms with Gasteiger partial charge in [0.05, 0.1) is 0 Å². The van der Waals surface area contributed by atoms with Gasteiger partial charge in [-0.1, -0.05) is 36.4 Å². The van der Waals surface area contributed by atoms with Crippen LogP contribution < -0.4 is 42.1 Å². The molecule has 0 radical (unpaired) electrons. The van der Waals surface area contributed by atoms with Gasteiger partial charge >= 0.3 is 0 Å². The van der Waals surface area contributed by atoms with E-state index in [9.17, 15) is 0 Å². The first-order chi connectivity index (χ1) is 26.9. The van der Waals surface area contributed by atoms with Crippen molar-refractivity contribution in [1.82, 2.24) is 0 Å². The quantitative estimate of drug-likeness (QED) is 0.149. The first-order valence-electron chi connectivity index (χ1n) is 21.4. The average Bonchev–Trinajstić information content (AvgIpc) is 3.23. The second kappa shape index (κ2) is 28.6. The number of anilines is 3. The fraction of sp³-hybridized carbons (Fsp3) is 0.587. The maximum atomic E-state index is 8.33. The zero-order valence-corrected chi connectivity index (χ0v) is 33.8. The zero-order valence-electron chi connectivity index (χ0n) is 33.8. The van der Waals surface area contributed by atoms with E-state index in [0.717, 1.165) is 58.2 Å². The molecule has 9 heteroatoms. The Hall–Kier alpha value is -3.79. The number of nitrogens with two attached hydrogens (primary N) is 3. The topological polar surface area (TPSA) is 151 Å². The Kier molecular flexibility index (Phi) is 23.7. The van der Waals surface area contributed by atoms with Gasteiger partial charge in [0.15, 0.2) is 0 Å². The lowest BCUT2D eigenvalue weighted by Crippen LogP contribution is -2.37. The number of unbranched alkanes of at least 4 members (excludes halogenated alkanes) is 3. The largest absolute Gasteiger partial charge is 0.652 e. The minimum atomic E-state index is -2.33. The molecule has 0 aliphatic carbocycles. The third-order valence-corrected chi connectivity index (χ3v) is 10.7. The highest BCUT2D eigenvalue weighted by atomic mass is 16.6. The lowest BCUT2D eigenvalue weighted by atomic mass is 10.1. The minimum absolute atomic E-state index is 0.811. The van der Waals surface area contributed by atoms with E-state index >= 15 is 0 Å². The van der Waals surface area contributed by atoms with E-state index in [-0.39, 0.29) is 0 Å². The predicted octanol–water partition coefficient (Wildman–Crippen LogP) is 6.43. The summed E-state index contributed by atoms with van der Waals surface area (Å²) in [5.74, 6) is 0. The van der Waals surface area contributed by atoms with Gasteiger partial charge in [-0.05, 0) is 194 Å². The standard InChI is InChI=1S/3C15H24N2.CH2O3/c3*16-11-3-2-6-14-7-9-15(10-8-14)17-12-4-1-5-13-17;2-1(3)4/h3*7-10H,1-6,11-13,16H2;(H2,2,3,4)/p-2. The number of carbonyl (C=O) groups is 1. The van der Waals surface area contributed by atoms with E-state index in [2.05, 4.69) is 87.5 Å². The minimum Gasteiger partial charge on any atom is -0.652 e. The van der Waals surface area contributed by atoms with Crippen LogP contribution in [0.3, 0.4) is 0 Å². The number of carboxylic acid groups (broad SMARTS) is 2. The second-order valence-corrected chi connectivity index (χ2v) is 15.1. The number of aryl methyl sites for hydroxylation is 3. The van der Waals surface area contributed by atoms with E-state index < -0.39 is 6.16 Å². The summed E-state index contributed by atoms with van der Waals surface area (Å²) < 4.78 is 0. The third kappa shape index (κ3) is 19.6. The molecule has 55 heavy (non-hydrogen) atoms. The van der Waals surface area contributed by atoms with Gasteiger partial charge in [-0.2, -0.15) is 0 Å². The summed E-state index contributed by atoms with van der Waals surface area (Å²) in [6.07, 6.45) is 20.4. The van der Waals surface area contributed by atoms with Gasteiger partial charge < -0.3 is 46.9 Å². The number of rotatable bonds is 15. The molecule has 6 rings (SSSR count). The molecular formula is C46H72N6O3-2. The van der Waals surface area contributed by atoms with Crippen molar-refractivity contribution in [2.24, 2.45) is 17.2 Å². The number of carbonyl (C=O) groups excluding carboxylic acids is 1. The predicted molar refractivity (Wildman–Crippen MR) is 229 cm³/mol. The van der Waals surface area contributed by atoms with E-state index in [0.29, 0.717) is 0 Å². The Labute approximate surface area is 333 Å². The second-order valence-electron chi connectivity index (χ2n) is 15.1. The molecule has 9 nitrogen and oxygen atoms in total. The summed E-state index contributed by atoms with van der Waals surface area (Å²) in [5, 5.41) is 16.7. The van der Waals surface area contributed by atoms with Crippen LogP contribution in [0.25, 0.3) is 0 Å². The third-order valence-electron chi connectivity index (χ3n) is 10.7. The SMILES string of the molecule is NCCCCc1ccc(N2CCCCC2)cc1.NCCCCc1ccc(N2CCCCC2)cc1.NCCCCc1ccc(N2CCCCC2)cc1.O=C([O-])[O-]. The summed E-state index contributed by atoms with van der Waals surface area (Å²) in [7, 11) is 0. The molecule has 3 heterocycles. The van der Waals surface area contributed by atoms with Crippen LogP contribution in [0.2, 0.25) is 0 Å². The van der Waals surface area contributed by atoms with E-state index in [4.69, 9.17) is 32.2 Å². The molecular weight excluding hydrogens is 685 g/mol. The smallest absolute Gasteiger partial charge is 0.0366 e. The number of piperidine rings is 3. The summed E-state index contributed by atoms with van der Waals surface area (Å²) in [6, 6.07) is 27.4. The first kappa shape index (κ1) is 45.6. The van der Waals surface area contributed by atoms with Gasteiger partial charge in [-0.3, -0.25) is 0 Å². The van der Waals surface area contributed by atoms with Crippen LogP contribution in [-0.2, 0) is 19.3 Å². The highest BCUT2D eigenvalue weighted by Crippen LogP contribution is 2.23. The van der Waals surface area contributed by atoms with Crippen LogP contribution in [0.1, 0.15) is 113 Å². The fourth-order valence-corrected chi connectivity index (χ4v) is 7.50. The van der Waals surface area contributed by atoms with Gasteiger partial charge in [0.2, 0.25) is 0 Å². The Balaban J connectivity index is 0.000000211. The van der Waals surface area contributed by atoms with Gasteiger partial charge in [0.1, 0.15) is 0 Å². The number of nitrogens with zero attached hydrogens (tertiary/aromatic N) is 3. The maximum Gasteiger partial charge on any atom is 0.0366 e. The molecule has 3 aromatic carbocycles. The van der Waals surface area contributed by atoms with Gasteiger partial charge in [-0.15, -0.1) is 0 Å². The van der Waals surface area contributed by atoms with Crippen molar-refractivity contribution in [3.63, 3.8) is 0 Å². The van der Waals surface area contributed by atoms with Crippen LogP contribution in [0.4, 0.5) is 21.9 Å². The maximum absolute atomic E-state index is 8.33. The van der Waals surface area contributed by atoms with E-state index in [1.54, 1.807) is 0 Å². The lowest BCUT2D eigenvalue weighted by Gasteiger charge is -2.28. The molecule has 3 saturated heterocycles. The molecule has 306 valence electrons. The van der Waals surface area contributed by atoms with Crippen molar-refractivity contribution in [3.8, 4) is 0 Å². The van der Waals surface area contributed by atoms with Gasteiger partial charge in [0, 0.05) is 56.3 Å². The zero-order chi connectivity index (χ0) is 39.4. The molecule has 0 spiro atoms. The number of hydrogen-bond acceptors (Lipinski definition) is 9. The van der Waals surface area contributed by atoms with Crippen molar-refractivity contribution >= 4 is 23.2 Å². The highest BCUT2D eigenvalue weighted by Gasteiger charge is 2.12. The summed E-state index contributed by atoms with van der Waals surface area (Å²) in [5.41, 5.74) is 25.0. The molecule has 0 aromatic heterocycles. The lowest BCUT2D eigenvalue weighted by molar-refractivity contribution is -0.415. The van der Waals surface area contributed by atoms with Crippen LogP contribution in [0.5, 0.6) is 0 Å². The normalized spacial score (nSPS) is 15.4. The Morgan fingerprint density at radius 2 is 0.618 bits per heavy atom. The van der Waals surface area contributed by atoms with Crippen molar-refractivity contribution < 1.29 is 15.0 Å². The van der Waals surface area contributed by atoms with Gasteiger partial charge in [-0.25, -0.2) is 0 Å². The van der Waals surface area contributed by atoms with Crippen LogP contribution in [0, 0.1) is 0 Å². The first-order valence-corrected chi connectivity index (χ1v) is 21.4. The van der Waals surface area contributed by atoms with Crippen molar-refractivity contribution in [2.45, 2.75) is 116 Å². The molecule has 3 aliphatic rings. The molecule has 6 N–H and O–H groups in total. The monoisotopic (exact) mass is 757 g/mol. The highest BCUT2D eigenvalue weighted by molar-refractivity contribution is 5.49. The van der Waals surface area contributed by atoms with Crippen molar-refractivity contribution in [1.29, 1.82) is 0 Å². The molecule has 0 unspecified atom stereocenters. The summed E-state index contributed by atoms with van der Waals surface area (Å²) >= 11 is 0. The molecule has 0 atom stereocenters. The van der Waals surface area contributed by atoms with Crippen LogP contribution in [0.15, 0.2) is 72.8 Å². The van der Waals surface area contributed by atoms with Crippen LogP contribution in [-0.4, -0.2) is 65.1 Å². The molecule has 0 saturated carbocycles. The van der Waals surface area contributed by atoms with Gasteiger partial charge in [0.25, 0.3) is 0 Å². The van der Waals surface area contributed by atoms with E-state index in [1.165, 1.54) is 150 Å². The average molecular weight is 757 g/mol. The molecule has 3 aliphatic heterocycles. The molecule has 3 fully saturated rings. The number of benzene rings is 3. The summed E-state index contributed by atoms with van der Waals surface area (Å²) in [4.78, 5) is 15.9. The number of hydrogen-bond donors (Lipinski definition) is 3. The summed E-state index contributed by atoms with van der Waals surface area (Å²) in [6.45, 7) is 9.81. The Morgan fingerprint density at radius 3 is 0.818 bits per heavy atom. The van der Waals surface area contributed by atoms with Crippen LogP contribution >= 0.6 is 0 Å². The van der Waals surface area contributed by atoms with Crippen molar-refractivity contribution in [2.75, 3.05) is 73.6 Å². The van der Waals surface area contributed by atoms with E-state index in [1.807, 2.05) is 0 Å². The Bertz CT molecular complexity index is 1200. The fourth-order valence-electron chi connectivity index (χ4n) is 7.50. The Morgan fingerprint density at radius 1 is 0.400 bits per heavy atom. The molecule has 0 amide bonds.